The van der Waals surface area contributed by atoms with E-state index >= 15 is 0 Å². The fourth-order valence-electron chi connectivity index (χ4n) is 0.416. The van der Waals surface area contributed by atoms with Crippen LogP contribution in [-0.4, -0.2) is 101 Å². The maximum atomic E-state index is 9.76. The summed E-state index contributed by atoms with van der Waals surface area (Å²) in [5.74, 6) is 0. The number of aliphatic hydroxyl groups excluding tert-OH is 4. The summed E-state index contributed by atoms with van der Waals surface area (Å²) in [6.07, 6.45) is -4.63. The van der Waals surface area contributed by atoms with Crippen LogP contribution in [0.2, 0.25) is 0 Å². The Balaban J connectivity index is 0. The molecule has 2 radical (unpaired) electrons. The summed E-state index contributed by atoms with van der Waals surface area (Å²) < 4.78 is 0. The molecule has 3 atom stereocenters. The van der Waals surface area contributed by atoms with Gasteiger partial charge in [-0.15, -0.1) is 0 Å². The van der Waals surface area contributed by atoms with E-state index in [2.05, 4.69) is 0 Å². The van der Waals surface area contributed by atoms with Gasteiger partial charge in [-0.25, -0.2) is 0 Å². The molecule has 0 aliphatic rings. The van der Waals surface area contributed by atoms with Crippen LogP contribution < -0.4 is 0 Å². The van der Waals surface area contributed by atoms with Crippen molar-refractivity contribution in [1.82, 2.24) is 0 Å². The van der Waals surface area contributed by atoms with Crippen LogP contribution in [0.25, 0.3) is 0 Å². The van der Waals surface area contributed by atoms with Crippen molar-refractivity contribution >= 4 is 55.2 Å². The zero-order chi connectivity index (χ0) is 8.15. The molecule has 6 heteroatoms. The fourth-order valence-corrected chi connectivity index (χ4v) is 0.416. The van der Waals surface area contributed by atoms with Gasteiger partial charge >= 0.3 is 0 Å². The summed E-state index contributed by atoms with van der Waals surface area (Å²) in [4.78, 5) is 9.76. The molecule has 0 saturated heterocycles. The van der Waals surface area contributed by atoms with Crippen LogP contribution in [0.3, 0.4) is 0 Å². The molecule has 0 rings (SSSR count). The Kier molecular flexibility index (Phi) is 10.2. The SMILES string of the molecule is O=C[C@H](O)[C@H](O)[C@H](O)CO.[Ba]. The van der Waals surface area contributed by atoms with Gasteiger partial charge < -0.3 is 25.2 Å². The van der Waals surface area contributed by atoms with E-state index in [-0.39, 0.29) is 55.2 Å². The second-order valence-electron chi connectivity index (χ2n) is 1.87. The monoisotopic (exact) mass is 288 g/mol. The first-order valence-electron chi connectivity index (χ1n) is 2.73. The van der Waals surface area contributed by atoms with Crippen molar-refractivity contribution in [1.29, 1.82) is 0 Å². The minimum atomic E-state index is -1.64. The van der Waals surface area contributed by atoms with E-state index in [1.807, 2.05) is 0 Å². The van der Waals surface area contributed by atoms with E-state index in [4.69, 9.17) is 20.4 Å². The minimum absolute atomic E-state index is 0. The van der Waals surface area contributed by atoms with Gasteiger partial charge in [-0.3, -0.25) is 0 Å². The van der Waals surface area contributed by atoms with Crippen molar-refractivity contribution in [2.75, 3.05) is 6.61 Å². The van der Waals surface area contributed by atoms with Crippen molar-refractivity contribution in [3.8, 4) is 0 Å². The first-order chi connectivity index (χ1) is 4.63. The van der Waals surface area contributed by atoms with Crippen molar-refractivity contribution < 1.29 is 25.2 Å². The van der Waals surface area contributed by atoms with Crippen molar-refractivity contribution in [2.24, 2.45) is 0 Å². The molecule has 5 nitrogen and oxygen atoms in total. The first-order valence-corrected chi connectivity index (χ1v) is 2.73. The maximum absolute atomic E-state index is 9.76. The molecule has 62 valence electrons. The van der Waals surface area contributed by atoms with E-state index in [9.17, 15) is 4.79 Å². The normalized spacial score (nSPS) is 17.8. The molecule has 0 saturated carbocycles. The predicted octanol–water partition coefficient (Wildman–Crippen LogP) is -3.12. The van der Waals surface area contributed by atoms with E-state index in [0.29, 0.717) is 0 Å². The molecule has 0 spiro atoms. The number of carbonyl (C=O) groups excluding carboxylic acids is 1. The number of aliphatic hydroxyl groups is 4. The van der Waals surface area contributed by atoms with Crippen LogP contribution in [0.15, 0.2) is 0 Å². The van der Waals surface area contributed by atoms with Crippen LogP contribution in [0.5, 0.6) is 0 Å². The van der Waals surface area contributed by atoms with Crippen LogP contribution in [0.1, 0.15) is 0 Å². The molecule has 0 aromatic rings. The second kappa shape index (κ2) is 7.72. The van der Waals surface area contributed by atoms with E-state index in [1.165, 1.54) is 0 Å². The Morgan fingerprint density at radius 3 is 2.00 bits per heavy atom. The Morgan fingerprint density at radius 1 is 1.27 bits per heavy atom. The van der Waals surface area contributed by atoms with Gasteiger partial charge in [0.25, 0.3) is 0 Å². The van der Waals surface area contributed by atoms with Crippen LogP contribution >= 0.6 is 0 Å². The summed E-state index contributed by atoms with van der Waals surface area (Å²) in [6.45, 7) is -0.688. The number of rotatable bonds is 4. The fraction of sp³-hybridized carbons (Fsp3) is 0.800. The molecule has 0 heterocycles. The summed E-state index contributed by atoms with van der Waals surface area (Å²) in [6, 6.07) is 0. The van der Waals surface area contributed by atoms with E-state index < -0.39 is 24.9 Å². The molecule has 0 bridgehead atoms. The molecule has 0 aromatic heterocycles. The van der Waals surface area contributed by atoms with Crippen LogP contribution in [0, 0.1) is 0 Å². The number of hydrogen-bond acceptors (Lipinski definition) is 5. The van der Waals surface area contributed by atoms with Crippen molar-refractivity contribution in [3.63, 3.8) is 0 Å². The topological polar surface area (TPSA) is 98.0 Å². The Bertz CT molecular complexity index is 109. The molecular weight excluding hydrogens is 277 g/mol. The van der Waals surface area contributed by atoms with Gasteiger partial charge in [0.2, 0.25) is 0 Å². The molecule has 0 amide bonds. The zero-order valence-corrected chi connectivity index (χ0v) is 10.4. The quantitative estimate of drug-likeness (QED) is 0.324. The number of aldehydes is 1. The van der Waals surface area contributed by atoms with E-state index in [1.54, 1.807) is 0 Å². The molecule has 4 N–H and O–H groups in total. The number of hydrogen-bond donors (Lipinski definition) is 4. The first kappa shape index (κ1) is 14.6. The third-order valence-corrected chi connectivity index (χ3v) is 1.07. The van der Waals surface area contributed by atoms with Gasteiger partial charge in [0.1, 0.15) is 18.3 Å². The smallest absolute Gasteiger partial charge is 0.151 e. The second-order valence-corrected chi connectivity index (χ2v) is 1.87. The van der Waals surface area contributed by atoms with Gasteiger partial charge in [0.05, 0.1) is 6.61 Å². The third-order valence-electron chi connectivity index (χ3n) is 1.07. The van der Waals surface area contributed by atoms with Gasteiger partial charge in [-0.2, -0.15) is 0 Å². The Labute approximate surface area is 104 Å². The van der Waals surface area contributed by atoms with Crippen LogP contribution in [-0.2, 0) is 4.79 Å². The maximum Gasteiger partial charge on any atom is 0.151 e. The van der Waals surface area contributed by atoms with Crippen molar-refractivity contribution in [3.05, 3.63) is 0 Å². The molecular formula is C5H10BaO5. The van der Waals surface area contributed by atoms with Gasteiger partial charge in [0.15, 0.2) is 6.29 Å². The zero-order valence-electron chi connectivity index (χ0n) is 5.92. The third kappa shape index (κ3) is 5.34. The summed E-state index contributed by atoms with van der Waals surface area (Å²) in [5, 5.41) is 34.1. The van der Waals surface area contributed by atoms with Gasteiger partial charge in [-0.1, -0.05) is 0 Å². The standard InChI is InChI=1S/C5H10O5.Ba/c6-1-3(8)5(10)4(9)2-7;/h1,3-5,7-10H,2H2;/t3-,4+,5-;/m0./s1. The minimum Gasteiger partial charge on any atom is -0.394 e. The summed E-state index contributed by atoms with van der Waals surface area (Å²) in [5.41, 5.74) is 0. The average molecular weight is 287 g/mol. The van der Waals surface area contributed by atoms with E-state index in [0.717, 1.165) is 0 Å². The summed E-state index contributed by atoms with van der Waals surface area (Å²) in [7, 11) is 0. The number of carbonyl (C=O) groups is 1. The molecule has 0 aliphatic carbocycles. The largest absolute Gasteiger partial charge is 0.394 e. The van der Waals surface area contributed by atoms with Gasteiger partial charge in [0, 0.05) is 48.9 Å². The van der Waals surface area contributed by atoms with Crippen LogP contribution in [0.4, 0.5) is 0 Å². The van der Waals surface area contributed by atoms with Crippen molar-refractivity contribution in [2.45, 2.75) is 18.3 Å². The molecule has 0 fully saturated rings. The van der Waals surface area contributed by atoms with Gasteiger partial charge in [-0.05, 0) is 0 Å². The Morgan fingerprint density at radius 2 is 1.73 bits per heavy atom. The molecule has 11 heavy (non-hydrogen) atoms. The molecule has 0 aromatic carbocycles. The molecule has 0 aliphatic heterocycles. The Hall–Kier alpha value is 1.08. The average Bonchev–Trinajstić information content (AvgIpc) is 2.00. The molecule has 0 unspecified atom stereocenters. The predicted molar refractivity (Wildman–Crippen MR) is 36.9 cm³/mol. The summed E-state index contributed by atoms with van der Waals surface area (Å²) >= 11 is 0.